The topological polar surface area (TPSA) is 79.6 Å². The predicted molar refractivity (Wildman–Crippen MR) is 51.4 cm³/mol. The van der Waals surface area contributed by atoms with Crippen molar-refractivity contribution in [2.24, 2.45) is 5.73 Å². The average molecular weight is 177 g/mol. The Hall–Kier alpha value is -1.62. The first-order valence-corrected chi connectivity index (χ1v) is 4.15. The molecule has 0 fully saturated rings. The summed E-state index contributed by atoms with van der Waals surface area (Å²) < 4.78 is 0. The molecule has 5 heteroatoms. The fourth-order valence-electron chi connectivity index (χ4n) is 1.22. The minimum atomic E-state index is 0.605. The number of nitrogens with zero attached hydrogens (tertiary/aromatic N) is 2. The lowest BCUT2D eigenvalue weighted by atomic mass is 10.2. The number of nitrogens with one attached hydrogen (secondary N) is 2. The van der Waals surface area contributed by atoms with Crippen molar-refractivity contribution in [1.82, 2.24) is 15.4 Å². The number of fused-ring (bicyclic) bond motifs is 1. The van der Waals surface area contributed by atoms with Crippen LogP contribution in [0.2, 0.25) is 0 Å². The largest absolute Gasteiger partial charge is 0.382 e. The molecule has 0 unspecified atom stereocenters. The fraction of sp³-hybridized carbons (Fsp3) is 0.250. The molecule has 0 radical (unpaired) electrons. The van der Waals surface area contributed by atoms with Gasteiger partial charge in [-0.3, -0.25) is 0 Å². The van der Waals surface area contributed by atoms with Crippen LogP contribution < -0.4 is 11.1 Å². The first kappa shape index (κ1) is 8.00. The van der Waals surface area contributed by atoms with Crippen LogP contribution in [0.3, 0.4) is 0 Å². The van der Waals surface area contributed by atoms with E-state index in [1.807, 2.05) is 18.2 Å². The zero-order valence-corrected chi connectivity index (χ0v) is 7.12. The van der Waals surface area contributed by atoms with Crippen LogP contribution in [0.4, 0.5) is 5.69 Å². The zero-order valence-electron chi connectivity index (χ0n) is 7.12. The van der Waals surface area contributed by atoms with Crippen molar-refractivity contribution in [2.75, 3.05) is 18.4 Å². The second-order valence-corrected chi connectivity index (χ2v) is 2.71. The fourth-order valence-corrected chi connectivity index (χ4v) is 1.22. The predicted octanol–water partition coefficient (Wildman–Crippen LogP) is 0.328. The molecule has 0 amide bonds. The smallest absolute Gasteiger partial charge is 0.136 e. The van der Waals surface area contributed by atoms with Crippen molar-refractivity contribution in [3.63, 3.8) is 0 Å². The highest BCUT2D eigenvalue weighted by Gasteiger charge is 2.02. The van der Waals surface area contributed by atoms with Crippen molar-refractivity contribution in [3.8, 4) is 0 Å². The van der Waals surface area contributed by atoms with Crippen molar-refractivity contribution < 1.29 is 0 Å². The minimum absolute atomic E-state index is 0.605. The van der Waals surface area contributed by atoms with Gasteiger partial charge in [0.25, 0.3) is 0 Å². The van der Waals surface area contributed by atoms with Gasteiger partial charge in [-0.05, 0) is 12.1 Å². The van der Waals surface area contributed by atoms with Crippen molar-refractivity contribution in [2.45, 2.75) is 0 Å². The monoisotopic (exact) mass is 177 g/mol. The van der Waals surface area contributed by atoms with Crippen LogP contribution in [0.25, 0.3) is 11.0 Å². The lowest BCUT2D eigenvalue weighted by molar-refractivity contribution is 0.958. The summed E-state index contributed by atoms with van der Waals surface area (Å²) in [6, 6.07) is 5.80. The highest BCUT2D eigenvalue weighted by molar-refractivity contribution is 5.87. The van der Waals surface area contributed by atoms with Crippen LogP contribution in [-0.4, -0.2) is 28.5 Å². The van der Waals surface area contributed by atoms with Gasteiger partial charge in [0.1, 0.15) is 11.0 Å². The molecule has 0 aliphatic heterocycles. The Bertz CT molecular complexity index is 394. The summed E-state index contributed by atoms with van der Waals surface area (Å²) in [5, 5.41) is 13.8. The molecular weight excluding hydrogens is 166 g/mol. The Morgan fingerprint density at radius 1 is 1.38 bits per heavy atom. The molecule has 1 aromatic heterocycles. The molecule has 1 heterocycles. The Morgan fingerprint density at radius 3 is 3.15 bits per heavy atom. The van der Waals surface area contributed by atoms with Crippen LogP contribution in [0, 0.1) is 0 Å². The second-order valence-electron chi connectivity index (χ2n) is 2.71. The Balaban J connectivity index is 2.37. The maximum atomic E-state index is 5.39. The maximum Gasteiger partial charge on any atom is 0.136 e. The van der Waals surface area contributed by atoms with E-state index in [1.165, 1.54) is 0 Å². The molecule has 0 bridgehead atoms. The van der Waals surface area contributed by atoms with Crippen LogP contribution in [-0.2, 0) is 0 Å². The summed E-state index contributed by atoms with van der Waals surface area (Å²) in [4.78, 5) is 0. The molecule has 5 nitrogen and oxygen atoms in total. The van der Waals surface area contributed by atoms with Gasteiger partial charge in [-0.15, -0.1) is 0 Å². The second kappa shape index (κ2) is 3.40. The number of anilines is 1. The molecule has 0 spiro atoms. The van der Waals surface area contributed by atoms with Crippen molar-refractivity contribution in [1.29, 1.82) is 0 Å². The molecule has 0 aliphatic rings. The van der Waals surface area contributed by atoms with E-state index >= 15 is 0 Å². The number of H-pyrrole nitrogens is 1. The molecular formula is C8H11N5. The lowest BCUT2D eigenvalue weighted by Crippen LogP contribution is -2.13. The van der Waals surface area contributed by atoms with Crippen LogP contribution in [0.1, 0.15) is 0 Å². The molecule has 4 N–H and O–H groups in total. The zero-order chi connectivity index (χ0) is 9.10. The highest BCUT2D eigenvalue weighted by Crippen LogP contribution is 2.17. The molecule has 1 aromatic carbocycles. The maximum absolute atomic E-state index is 5.39. The van der Waals surface area contributed by atoms with Gasteiger partial charge >= 0.3 is 0 Å². The molecule has 68 valence electrons. The van der Waals surface area contributed by atoms with Gasteiger partial charge in [-0.25, -0.2) is 0 Å². The number of hydrogen-bond donors (Lipinski definition) is 3. The normalized spacial score (nSPS) is 10.5. The van der Waals surface area contributed by atoms with E-state index in [0.29, 0.717) is 6.54 Å². The Labute approximate surface area is 75.3 Å². The summed E-state index contributed by atoms with van der Waals surface area (Å²) >= 11 is 0. The van der Waals surface area contributed by atoms with Gasteiger partial charge in [0, 0.05) is 13.1 Å². The third kappa shape index (κ3) is 1.46. The number of aromatic amines is 1. The van der Waals surface area contributed by atoms with Crippen molar-refractivity contribution in [3.05, 3.63) is 18.2 Å². The molecule has 0 atom stereocenters. The molecule has 2 aromatic rings. The van der Waals surface area contributed by atoms with Gasteiger partial charge in [-0.2, -0.15) is 15.4 Å². The Kier molecular flexibility index (Phi) is 2.09. The average Bonchev–Trinajstić information content (AvgIpc) is 2.62. The van der Waals surface area contributed by atoms with E-state index in [1.54, 1.807) is 0 Å². The van der Waals surface area contributed by atoms with E-state index < -0.39 is 0 Å². The number of rotatable bonds is 3. The summed E-state index contributed by atoms with van der Waals surface area (Å²) in [5.74, 6) is 0. The quantitative estimate of drug-likeness (QED) is 0.631. The summed E-state index contributed by atoms with van der Waals surface area (Å²) in [6.07, 6.45) is 0. The Morgan fingerprint density at radius 2 is 2.31 bits per heavy atom. The highest BCUT2D eigenvalue weighted by atomic mass is 15.3. The summed E-state index contributed by atoms with van der Waals surface area (Å²) in [6.45, 7) is 1.35. The molecule has 2 rings (SSSR count). The van der Waals surface area contributed by atoms with E-state index in [4.69, 9.17) is 5.73 Å². The SMILES string of the molecule is NCCNc1cccc2n[nH]nc12. The van der Waals surface area contributed by atoms with Crippen LogP contribution in [0.5, 0.6) is 0 Å². The van der Waals surface area contributed by atoms with E-state index in [9.17, 15) is 0 Å². The van der Waals surface area contributed by atoms with Crippen LogP contribution in [0.15, 0.2) is 18.2 Å². The van der Waals surface area contributed by atoms with Gasteiger partial charge in [-0.1, -0.05) is 6.07 Å². The molecule has 13 heavy (non-hydrogen) atoms. The van der Waals surface area contributed by atoms with Crippen LogP contribution >= 0.6 is 0 Å². The third-order valence-corrected chi connectivity index (χ3v) is 1.81. The number of benzene rings is 1. The number of hydrogen-bond acceptors (Lipinski definition) is 4. The number of para-hydroxylation sites is 1. The lowest BCUT2D eigenvalue weighted by Gasteiger charge is -2.03. The van der Waals surface area contributed by atoms with E-state index in [2.05, 4.69) is 20.7 Å². The first-order valence-electron chi connectivity index (χ1n) is 4.15. The van der Waals surface area contributed by atoms with Gasteiger partial charge in [0.2, 0.25) is 0 Å². The van der Waals surface area contributed by atoms with Crippen molar-refractivity contribution >= 4 is 16.7 Å². The van der Waals surface area contributed by atoms with Gasteiger partial charge in [0.05, 0.1) is 5.69 Å². The van der Waals surface area contributed by atoms with E-state index in [-0.39, 0.29) is 0 Å². The standard InChI is InChI=1S/C8H11N5/c9-4-5-10-6-2-1-3-7-8(6)12-13-11-7/h1-3,10H,4-5,9H2,(H,11,12,13). The van der Waals surface area contributed by atoms with E-state index in [0.717, 1.165) is 23.3 Å². The van der Waals surface area contributed by atoms with Gasteiger partial charge < -0.3 is 11.1 Å². The number of aromatic nitrogens is 3. The third-order valence-electron chi connectivity index (χ3n) is 1.81. The first-order chi connectivity index (χ1) is 6.42. The molecule has 0 saturated heterocycles. The summed E-state index contributed by atoms with van der Waals surface area (Å²) in [7, 11) is 0. The molecule has 0 saturated carbocycles. The minimum Gasteiger partial charge on any atom is -0.382 e. The number of nitrogens with two attached hydrogens (primary N) is 1. The summed E-state index contributed by atoms with van der Waals surface area (Å²) in [5.41, 5.74) is 8.08. The van der Waals surface area contributed by atoms with Gasteiger partial charge in [0.15, 0.2) is 0 Å². The molecule has 0 aliphatic carbocycles.